The Morgan fingerprint density at radius 3 is 2.44 bits per heavy atom. The molecule has 3 heteroatoms. The van der Waals surface area contributed by atoms with Crippen LogP contribution < -0.4 is 5.32 Å². The third-order valence-corrected chi connectivity index (χ3v) is 4.07. The number of halogens is 1. The highest BCUT2D eigenvalue weighted by molar-refractivity contribution is 9.10. The quantitative estimate of drug-likeness (QED) is 0.830. The summed E-state index contributed by atoms with van der Waals surface area (Å²) in [7, 11) is 1.96. The molecule has 1 N–H and O–H groups in total. The van der Waals surface area contributed by atoms with Gasteiger partial charge in [-0.25, -0.2) is 0 Å². The summed E-state index contributed by atoms with van der Waals surface area (Å²) in [5.74, 6) is 0. The molecule has 0 saturated carbocycles. The maximum absolute atomic E-state index is 4.85. The highest BCUT2D eigenvalue weighted by atomic mass is 79.9. The largest absolute Gasteiger partial charge is 0.388 e. The third kappa shape index (κ3) is 2.24. The highest BCUT2D eigenvalue weighted by Gasteiger charge is 2.18. The number of hydrogen-bond acceptors (Lipinski definition) is 2. The van der Waals surface area contributed by atoms with Gasteiger partial charge in [-0.05, 0) is 30.7 Å². The van der Waals surface area contributed by atoms with Crippen molar-refractivity contribution < 1.29 is 0 Å². The van der Waals surface area contributed by atoms with Crippen LogP contribution in [0.25, 0.3) is 10.9 Å². The van der Waals surface area contributed by atoms with Crippen LogP contribution in [0.4, 0.5) is 5.69 Å². The summed E-state index contributed by atoms with van der Waals surface area (Å²) >= 11 is 3.58. The Bertz CT molecular complexity index is 597. The minimum absolute atomic E-state index is 0.0501. The highest BCUT2D eigenvalue weighted by Crippen LogP contribution is 2.32. The van der Waals surface area contributed by atoms with Crippen molar-refractivity contribution in [3.8, 4) is 0 Å². The predicted octanol–water partition coefficient (Wildman–Crippen LogP) is 4.64. The van der Waals surface area contributed by atoms with Gasteiger partial charge in [0.2, 0.25) is 0 Å². The van der Waals surface area contributed by atoms with Gasteiger partial charge in [0.15, 0.2) is 0 Å². The molecule has 0 aliphatic heterocycles. The molecular weight excluding hydrogens is 288 g/mol. The van der Waals surface area contributed by atoms with Crippen LogP contribution >= 0.6 is 15.9 Å². The molecule has 2 rings (SSSR count). The lowest BCUT2D eigenvalue weighted by atomic mass is 9.90. The van der Waals surface area contributed by atoms with Crippen molar-refractivity contribution in [2.24, 2.45) is 0 Å². The van der Waals surface area contributed by atoms with Crippen LogP contribution in [0.5, 0.6) is 0 Å². The van der Waals surface area contributed by atoms with Gasteiger partial charge in [-0.3, -0.25) is 4.98 Å². The summed E-state index contributed by atoms with van der Waals surface area (Å²) in [6.07, 6.45) is 0. The molecule has 0 atom stereocenters. The first-order chi connectivity index (χ1) is 8.34. The SMILES string of the molecule is CNc1cc(C(C)(C)C)nc2c(C)c(Br)ccc12. The molecule has 0 bridgehead atoms. The molecule has 0 unspecified atom stereocenters. The van der Waals surface area contributed by atoms with Gasteiger partial charge in [0, 0.05) is 33.7 Å². The molecule has 1 heterocycles. The molecule has 0 fully saturated rings. The summed E-state index contributed by atoms with van der Waals surface area (Å²) in [6.45, 7) is 8.67. The summed E-state index contributed by atoms with van der Waals surface area (Å²) in [6, 6.07) is 6.34. The van der Waals surface area contributed by atoms with Crippen molar-refractivity contribution in [3.05, 3.63) is 33.9 Å². The van der Waals surface area contributed by atoms with Gasteiger partial charge in [-0.15, -0.1) is 0 Å². The Morgan fingerprint density at radius 1 is 1.22 bits per heavy atom. The zero-order valence-electron chi connectivity index (χ0n) is 11.6. The van der Waals surface area contributed by atoms with E-state index in [1.54, 1.807) is 0 Å². The van der Waals surface area contributed by atoms with Crippen LogP contribution in [-0.2, 0) is 5.41 Å². The molecule has 2 aromatic rings. The first kappa shape index (κ1) is 13.3. The number of nitrogens with zero attached hydrogens (tertiary/aromatic N) is 1. The monoisotopic (exact) mass is 306 g/mol. The standard InChI is InChI=1S/C15H19BrN2/c1-9-11(16)7-6-10-12(17-5)8-13(15(2,3)4)18-14(9)10/h6-8H,1-5H3,(H,17,18). The molecule has 0 radical (unpaired) electrons. The molecule has 0 amide bonds. The molecule has 0 aliphatic carbocycles. The maximum atomic E-state index is 4.85. The van der Waals surface area contributed by atoms with Crippen molar-refractivity contribution in [2.75, 3.05) is 12.4 Å². The fourth-order valence-electron chi connectivity index (χ4n) is 2.00. The number of pyridine rings is 1. The van der Waals surface area contributed by atoms with E-state index in [1.807, 2.05) is 7.05 Å². The van der Waals surface area contributed by atoms with E-state index in [4.69, 9.17) is 4.98 Å². The average molecular weight is 307 g/mol. The van der Waals surface area contributed by atoms with Crippen LogP contribution in [0.3, 0.4) is 0 Å². The fourth-order valence-corrected chi connectivity index (χ4v) is 2.32. The normalized spacial score (nSPS) is 11.9. The molecule has 0 saturated heterocycles. The van der Waals surface area contributed by atoms with Gasteiger partial charge in [-0.1, -0.05) is 36.7 Å². The summed E-state index contributed by atoms with van der Waals surface area (Å²) < 4.78 is 1.11. The van der Waals surface area contributed by atoms with E-state index in [1.165, 1.54) is 10.9 Å². The van der Waals surface area contributed by atoms with Crippen LogP contribution in [0.1, 0.15) is 32.0 Å². The molecule has 2 nitrogen and oxygen atoms in total. The van der Waals surface area contributed by atoms with Gasteiger partial charge in [-0.2, -0.15) is 0 Å². The zero-order chi connectivity index (χ0) is 13.5. The van der Waals surface area contributed by atoms with Gasteiger partial charge >= 0.3 is 0 Å². The number of benzene rings is 1. The van der Waals surface area contributed by atoms with Crippen molar-refractivity contribution in [1.29, 1.82) is 0 Å². The Balaban J connectivity index is 2.85. The lowest BCUT2D eigenvalue weighted by molar-refractivity contribution is 0.571. The average Bonchev–Trinajstić information content (AvgIpc) is 2.31. The third-order valence-electron chi connectivity index (χ3n) is 3.21. The number of anilines is 1. The molecule has 1 aromatic heterocycles. The Morgan fingerprint density at radius 2 is 1.89 bits per heavy atom. The smallest absolute Gasteiger partial charge is 0.0766 e. The molecule has 0 aliphatic rings. The minimum atomic E-state index is 0.0501. The maximum Gasteiger partial charge on any atom is 0.0766 e. The van der Waals surface area contributed by atoms with Crippen LogP contribution in [0.2, 0.25) is 0 Å². The van der Waals surface area contributed by atoms with Crippen molar-refractivity contribution >= 4 is 32.5 Å². The second-order valence-electron chi connectivity index (χ2n) is 5.62. The van der Waals surface area contributed by atoms with E-state index in [9.17, 15) is 0 Å². The molecule has 96 valence electrons. The summed E-state index contributed by atoms with van der Waals surface area (Å²) in [4.78, 5) is 4.85. The van der Waals surface area contributed by atoms with Crippen molar-refractivity contribution in [3.63, 3.8) is 0 Å². The van der Waals surface area contributed by atoms with E-state index in [0.717, 1.165) is 21.4 Å². The minimum Gasteiger partial charge on any atom is -0.388 e. The van der Waals surface area contributed by atoms with Gasteiger partial charge < -0.3 is 5.32 Å². The van der Waals surface area contributed by atoms with E-state index in [2.05, 4.69) is 67.1 Å². The predicted molar refractivity (Wildman–Crippen MR) is 82.4 cm³/mol. The van der Waals surface area contributed by atoms with Crippen LogP contribution in [0.15, 0.2) is 22.7 Å². The number of nitrogens with one attached hydrogen (secondary N) is 1. The van der Waals surface area contributed by atoms with Crippen LogP contribution in [-0.4, -0.2) is 12.0 Å². The summed E-state index contributed by atoms with van der Waals surface area (Å²) in [5, 5.41) is 4.45. The second-order valence-corrected chi connectivity index (χ2v) is 6.48. The number of fused-ring (bicyclic) bond motifs is 1. The molecular formula is C15H19BrN2. The van der Waals surface area contributed by atoms with E-state index in [-0.39, 0.29) is 5.41 Å². The number of aromatic nitrogens is 1. The molecule has 1 aromatic carbocycles. The van der Waals surface area contributed by atoms with Crippen molar-refractivity contribution in [2.45, 2.75) is 33.1 Å². The second kappa shape index (κ2) is 4.54. The molecule has 0 spiro atoms. The first-order valence-electron chi connectivity index (χ1n) is 6.12. The molecule has 18 heavy (non-hydrogen) atoms. The van der Waals surface area contributed by atoms with Crippen molar-refractivity contribution in [1.82, 2.24) is 4.98 Å². The lowest BCUT2D eigenvalue weighted by Crippen LogP contribution is -2.14. The van der Waals surface area contributed by atoms with E-state index < -0.39 is 0 Å². The van der Waals surface area contributed by atoms with Gasteiger partial charge in [0.05, 0.1) is 5.52 Å². The number of rotatable bonds is 1. The van der Waals surface area contributed by atoms with Gasteiger partial charge in [0.25, 0.3) is 0 Å². The number of aryl methyl sites for hydroxylation is 1. The van der Waals surface area contributed by atoms with E-state index >= 15 is 0 Å². The Labute approximate surface area is 117 Å². The first-order valence-corrected chi connectivity index (χ1v) is 6.92. The van der Waals surface area contributed by atoms with Crippen LogP contribution in [0, 0.1) is 6.92 Å². The Hall–Kier alpha value is -1.09. The Kier molecular flexibility index (Phi) is 3.37. The lowest BCUT2D eigenvalue weighted by Gasteiger charge is -2.20. The van der Waals surface area contributed by atoms with Gasteiger partial charge in [0.1, 0.15) is 0 Å². The summed E-state index contributed by atoms with van der Waals surface area (Å²) in [5.41, 5.74) is 4.56. The number of hydrogen-bond donors (Lipinski definition) is 1. The zero-order valence-corrected chi connectivity index (χ0v) is 13.1. The topological polar surface area (TPSA) is 24.9 Å². The van der Waals surface area contributed by atoms with E-state index in [0.29, 0.717) is 0 Å². The fraction of sp³-hybridized carbons (Fsp3) is 0.400.